The molecule has 17 heteroatoms. The van der Waals surface area contributed by atoms with Crippen molar-refractivity contribution in [3.63, 3.8) is 0 Å². The predicted molar refractivity (Wildman–Crippen MR) is 86.2 cm³/mol. The van der Waals surface area contributed by atoms with Gasteiger partial charge in [-0.1, -0.05) is 0 Å². The molecule has 1 aliphatic heterocycles. The summed E-state index contributed by atoms with van der Waals surface area (Å²) in [4.78, 5) is 0. The molecule has 0 aromatic heterocycles. The van der Waals surface area contributed by atoms with Crippen LogP contribution in [0.5, 0.6) is 0 Å². The summed E-state index contributed by atoms with van der Waals surface area (Å²) < 4.78 is 196. The van der Waals surface area contributed by atoms with E-state index in [2.05, 4.69) is 0 Å². The maximum atomic E-state index is 14.9. The van der Waals surface area contributed by atoms with Gasteiger partial charge in [0, 0.05) is 19.8 Å². The van der Waals surface area contributed by atoms with E-state index in [0.29, 0.717) is 0 Å². The molecule has 1 rings (SSSR count). The molecule has 2 atom stereocenters. The van der Waals surface area contributed by atoms with E-state index in [9.17, 15) is 57.1 Å². The quantitative estimate of drug-likeness (QED) is 0.230. The maximum absolute atomic E-state index is 14.9. The monoisotopic (exact) mass is 536 g/mol. The first-order valence-corrected chi connectivity index (χ1v) is 9.64. The van der Waals surface area contributed by atoms with Gasteiger partial charge in [-0.3, -0.25) is 0 Å². The van der Waals surface area contributed by atoms with E-state index >= 15 is 0 Å². The molecule has 0 N–H and O–H groups in total. The highest BCUT2D eigenvalue weighted by atomic mass is 19.4. The predicted octanol–water partition coefficient (Wildman–Crippen LogP) is 5.89. The topological polar surface area (TPSA) is 36.9 Å². The van der Waals surface area contributed by atoms with Gasteiger partial charge in [0.15, 0.2) is 0 Å². The molecule has 0 amide bonds. The molecular weight excluding hydrogens is 515 g/mol. The lowest BCUT2D eigenvalue weighted by atomic mass is 9.82. The van der Waals surface area contributed by atoms with Gasteiger partial charge in [-0.25, -0.2) is 0 Å². The van der Waals surface area contributed by atoms with Crippen molar-refractivity contribution >= 4 is 0 Å². The van der Waals surface area contributed by atoms with E-state index < -0.39 is 73.4 Å². The molecule has 0 aromatic carbocycles. The van der Waals surface area contributed by atoms with Crippen molar-refractivity contribution in [2.45, 2.75) is 75.1 Å². The average molecular weight is 536 g/mol. The Labute approximate surface area is 184 Å². The molecule has 34 heavy (non-hydrogen) atoms. The standard InChI is InChI=1S/C17H21F13O4/c1-4-31-10(32-5-2)11(33-6-3)9(7-8-34-11)12(18,19)13(20,21)14(22,23)15(24,25)16(26,27)17(28,29)30/h9-10H,4-8H2,1-3H3. The molecular formula is C17H21F13O4. The fourth-order valence-corrected chi connectivity index (χ4v) is 3.32. The Balaban J connectivity index is 3.68. The van der Waals surface area contributed by atoms with Gasteiger partial charge in [-0.2, -0.15) is 57.1 Å². The van der Waals surface area contributed by atoms with Crippen molar-refractivity contribution in [2.75, 3.05) is 26.4 Å². The highest BCUT2D eigenvalue weighted by Gasteiger charge is 2.92. The Morgan fingerprint density at radius 2 is 1.15 bits per heavy atom. The number of hydrogen-bond donors (Lipinski definition) is 0. The minimum absolute atomic E-state index is 0.371. The second-order valence-corrected chi connectivity index (χ2v) is 7.01. The van der Waals surface area contributed by atoms with Crippen molar-refractivity contribution in [1.82, 2.24) is 0 Å². The van der Waals surface area contributed by atoms with E-state index in [1.54, 1.807) is 0 Å². The van der Waals surface area contributed by atoms with E-state index in [1.165, 1.54) is 13.8 Å². The zero-order valence-electron chi connectivity index (χ0n) is 17.7. The summed E-state index contributed by atoms with van der Waals surface area (Å²) in [5.74, 6) is -44.0. The third-order valence-electron chi connectivity index (χ3n) is 4.95. The second-order valence-electron chi connectivity index (χ2n) is 7.01. The molecule has 0 spiro atoms. The lowest BCUT2D eigenvalue weighted by Gasteiger charge is -2.46. The summed E-state index contributed by atoms with van der Waals surface area (Å²) in [6, 6.07) is 0. The molecule has 0 aromatic rings. The van der Waals surface area contributed by atoms with Crippen LogP contribution in [0.1, 0.15) is 27.2 Å². The van der Waals surface area contributed by atoms with Crippen LogP contribution in [0.25, 0.3) is 0 Å². The Bertz CT molecular complexity index is 677. The van der Waals surface area contributed by atoms with Gasteiger partial charge in [0.1, 0.15) is 0 Å². The van der Waals surface area contributed by atoms with Gasteiger partial charge < -0.3 is 18.9 Å². The number of rotatable bonds is 12. The van der Waals surface area contributed by atoms with Crippen molar-refractivity contribution < 1.29 is 76.0 Å². The number of halogens is 13. The zero-order chi connectivity index (χ0) is 27.0. The summed E-state index contributed by atoms with van der Waals surface area (Å²) >= 11 is 0. The van der Waals surface area contributed by atoms with Gasteiger partial charge in [0.2, 0.25) is 12.1 Å². The Hall–Kier alpha value is -1.07. The van der Waals surface area contributed by atoms with Crippen LogP contribution in [0.2, 0.25) is 0 Å². The van der Waals surface area contributed by atoms with Crippen LogP contribution in [0, 0.1) is 5.92 Å². The minimum atomic E-state index is -7.99. The highest BCUT2D eigenvalue weighted by molar-refractivity contribution is 5.13. The summed E-state index contributed by atoms with van der Waals surface area (Å²) in [7, 11) is 0. The number of alkyl halides is 13. The molecule has 0 aliphatic carbocycles. The van der Waals surface area contributed by atoms with Crippen molar-refractivity contribution in [2.24, 2.45) is 5.92 Å². The summed E-state index contributed by atoms with van der Waals surface area (Å²) in [5.41, 5.74) is 0. The fourth-order valence-electron chi connectivity index (χ4n) is 3.32. The van der Waals surface area contributed by atoms with Crippen molar-refractivity contribution in [1.29, 1.82) is 0 Å². The zero-order valence-corrected chi connectivity index (χ0v) is 17.7. The molecule has 0 radical (unpaired) electrons. The number of hydrogen-bond acceptors (Lipinski definition) is 4. The Morgan fingerprint density at radius 1 is 0.706 bits per heavy atom. The van der Waals surface area contributed by atoms with E-state index in [0.717, 1.165) is 6.92 Å². The molecule has 1 heterocycles. The fraction of sp³-hybridized carbons (Fsp3) is 1.00. The molecule has 4 nitrogen and oxygen atoms in total. The molecule has 1 fully saturated rings. The van der Waals surface area contributed by atoms with Crippen molar-refractivity contribution in [3.05, 3.63) is 0 Å². The first kappa shape index (κ1) is 31.0. The van der Waals surface area contributed by atoms with E-state index in [-0.39, 0.29) is 13.2 Å². The smallest absolute Gasteiger partial charge is 0.348 e. The van der Waals surface area contributed by atoms with Crippen LogP contribution < -0.4 is 0 Å². The Kier molecular flexibility index (Phi) is 8.89. The Morgan fingerprint density at radius 3 is 1.53 bits per heavy atom. The minimum Gasteiger partial charge on any atom is -0.348 e. The first-order valence-electron chi connectivity index (χ1n) is 9.64. The van der Waals surface area contributed by atoms with Gasteiger partial charge in [-0.05, 0) is 27.2 Å². The third kappa shape index (κ3) is 4.45. The molecule has 204 valence electrons. The third-order valence-corrected chi connectivity index (χ3v) is 4.95. The van der Waals surface area contributed by atoms with Crippen molar-refractivity contribution in [3.8, 4) is 0 Å². The average Bonchev–Trinajstić information content (AvgIpc) is 3.12. The molecule has 0 saturated carbocycles. The number of ether oxygens (including phenoxy) is 4. The SMILES string of the molecule is CCOC(OCC)C1(OCC)OCCC1C(F)(F)C(F)(F)C(F)(F)C(F)(F)C(F)(F)C(F)(F)F. The second kappa shape index (κ2) is 9.76. The van der Waals surface area contributed by atoms with E-state index in [4.69, 9.17) is 18.9 Å². The van der Waals surface area contributed by atoms with Gasteiger partial charge in [-0.15, -0.1) is 0 Å². The van der Waals surface area contributed by atoms with Crippen LogP contribution in [-0.4, -0.2) is 74.3 Å². The van der Waals surface area contributed by atoms with Gasteiger partial charge in [0.25, 0.3) is 0 Å². The van der Waals surface area contributed by atoms with Crippen LogP contribution in [0.3, 0.4) is 0 Å². The normalized spacial score (nSPS) is 23.7. The summed E-state index contributed by atoms with van der Waals surface area (Å²) in [5, 5.41) is 0. The van der Waals surface area contributed by atoms with Crippen LogP contribution >= 0.6 is 0 Å². The molecule has 1 saturated heterocycles. The largest absolute Gasteiger partial charge is 0.460 e. The molecule has 1 aliphatic rings. The first-order chi connectivity index (χ1) is 15.2. The van der Waals surface area contributed by atoms with Gasteiger partial charge >= 0.3 is 35.8 Å². The maximum Gasteiger partial charge on any atom is 0.460 e. The molecule has 2 unspecified atom stereocenters. The lowest BCUT2D eigenvalue weighted by Crippen LogP contribution is -2.72. The van der Waals surface area contributed by atoms with Crippen LogP contribution in [-0.2, 0) is 18.9 Å². The van der Waals surface area contributed by atoms with Gasteiger partial charge in [0.05, 0.1) is 12.5 Å². The highest BCUT2D eigenvalue weighted by Crippen LogP contribution is 2.63. The van der Waals surface area contributed by atoms with E-state index in [1.807, 2.05) is 0 Å². The lowest BCUT2D eigenvalue weighted by molar-refractivity contribution is -0.452. The van der Waals surface area contributed by atoms with Crippen LogP contribution in [0.15, 0.2) is 0 Å². The summed E-state index contributed by atoms with van der Waals surface area (Å²) in [6.07, 6.45) is -10.9. The van der Waals surface area contributed by atoms with Crippen LogP contribution in [0.4, 0.5) is 57.1 Å². The summed E-state index contributed by atoms with van der Waals surface area (Å²) in [6.45, 7) is 1.33. The molecule has 0 bridgehead atoms.